The largest absolute Gasteiger partial charge is 0.383 e. The average molecular weight is 439 g/mol. The second-order valence-electron chi connectivity index (χ2n) is 7.38. The molecule has 4 heterocycles. The molecular formula is C21H19ClN6OS. The number of hydrogen-bond acceptors (Lipinski definition) is 7. The lowest BCUT2D eigenvalue weighted by Crippen LogP contribution is -2.49. The Labute approximate surface area is 182 Å². The highest BCUT2D eigenvalue weighted by Gasteiger charge is 2.24. The quantitative estimate of drug-likeness (QED) is 0.492. The molecule has 1 aromatic carbocycles. The van der Waals surface area contributed by atoms with E-state index in [1.807, 2.05) is 29.2 Å². The van der Waals surface area contributed by atoms with Crippen molar-refractivity contribution in [2.45, 2.75) is 13.1 Å². The number of anilines is 1. The van der Waals surface area contributed by atoms with E-state index in [4.69, 9.17) is 17.3 Å². The van der Waals surface area contributed by atoms with Crippen LogP contribution in [0.15, 0.2) is 42.7 Å². The van der Waals surface area contributed by atoms with Crippen LogP contribution in [0.3, 0.4) is 0 Å². The summed E-state index contributed by atoms with van der Waals surface area (Å²) >= 11 is 7.61. The second-order valence-corrected chi connectivity index (χ2v) is 8.88. The number of nitrogens with two attached hydrogens (primary N) is 1. The van der Waals surface area contributed by atoms with Gasteiger partial charge in [-0.3, -0.25) is 9.69 Å². The molecule has 7 nitrogen and oxygen atoms in total. The number of carbonyl (C=O) groups is 1. The number of amides is 1. The first-order valence-electron chi connectivity index (χ1n) is 9.59. The molecule has 5 rings (SSSR count). The van der Waals surface area contributed by atoms with Crippen molar-refractivity contribution < 1.29 is 4.79 Å². The zero-order valence-corrected chi connectivity index (χ0v) is 17.7. The van der Waals surface area contributed by atoms with Gasteiger partial charge in [-0.25, -0.2) is 15.0 Å². The number of nitrogens with zero attached hydrogens (tertiary/aromatic N) is 5. The number of halogens is 1. The van der Waals surface area contributed by atoms with E-state index in [2.05, 4.69) is 25.9 Å². The van der Waals surface area contributed by atoms with Gasteiger partial charge in [0.1, 0.15) is 22.1 Å². The lowest BCUT2D eigenvalue weighted by Gasteiger charge is -2.34. The monoisotopic (exact) mass is 438 g/mol. The van der Waals surface area contributed by atoms with Crippen LogP contribution in [0.2, 0.25) is 5.15 Å². The molecule has 2 N–H and O–H groups in total. The van der Waals surface area contributed by atoms with Crippen molar-refractivity contribution >= 4 is 55.8 Å². The maximum atomic E-state index is 12.7. The highest BCUT2D eigenvalue weighted by Crippen LogP contribution is 2.27. The number of rotatable bonds is 4. The minimum atomic E-state index is 0.130. The molecule has 1 aliphatic heterocycles. The van der Waals surface area contributed by atoms with E-state index in [0.29, 0.717) is 30.6 Å². The number of thiophene rings is 1. The maximum Gasteiger partial charge on any atom is 0.237 e. The molecule has 9 heteroatoms. The number of benzene rings is 1. The number of aromatic nitrogens is 3. The Morgan fingerprint density at radius 1 is 1.10 bits per heavy atom. The first-order valence-corrected chi connectivity index (χ1v) is 10.8. The maximum absolute atomic E-state index is 12.7. The Bertz CT molecular complexity index is 1260. The molecule has 1 saturated heterocycles. The molecule has 4 aromatic rings. The number of pyridine rings is 1. The Balaban J connectivity index is 1.24. The lowest BCUT2D eigenvalue weighted by molar-refractivity contribution is -0.136. The molecule has 152 valence electrons. The van der Waals surface area contributed by atoms with Crippen molar-refractivity contribution in [1.29, 1.82) is 0 Å². The molecule has 0 aliphatic carbocycles. The molecule has 1 aliphatic rings. The SMILES string of the molecule is Nc1ncnc2cc(CN3CCN(Cc4cc5ccc(Cl)nc5s4)CC3=O)ccc12. The van der Waals surface area contributed by atoms with Crippen molar-refractivity contribution in [2.75, 3.05) is 25.4 Å². The molecule has 30 heavy (non-hydrogen) atoms. The first kappa shape index (κ1) is 19.2. The van der Waals surface area contributed by atoms with Gasteiger partial charge >= 0.3 is 0 Å². The van der Waals surface area contributed by atoms with E-state index in [1.54, 1.807) is 17.4 Å². The predicted octanol–water partition coefficient (Wildman–Crippen LogP) is 3.32. The number of fused-ring (bicyclic) bond motifs is 2. The summed E-state index contributed by atoms with van der Waals surface area (Å²) in [6.07, 6.45) is 1.46. The van der Waals surface area contributed by atoms with Crippen molar-refractivity contribution in [2.24, 2.45) is 0 Å². The van der Waals surface area contributed by atoms with Crippen LogP contribution >= 0.6 is 22.9 Å². The summed E-state index contributed by atoms with van der Waals surface area (Å²) in [7, 11) is 0. The number of piperazine rings is 1. The van der Waals surface area contributed by atoms with Crippen molar-refractivity contribution in [3.8, 4) is 0 Å². The third kappa shape index (κ3) is 3.81. The van der Waals surface area contributed by atoms with E-state index in [0.717, 1.165) is 39.8 Å². The van der Waals surface area contributed by atoms with Crippen LogP contribution in [0.5, 0.6) is 0 Å². The Kier molecular flexibility index (Phi) is 4.98. The number of nitrogen functional groups attached to an aromatic ring is 1. The molecule has 0 atom stereocenters. The van der Waals surface area contributed by atoms with E-state index >= 15 is 0 Å². The fraction of sp³-hybridized carbons (Fsp3) is 0.238. The predicted molar refractivity (Wildman–Crippen MR) is 119 cm³/mol. The summed E-state index contributed by atoms with van der Waals surface area (Å²) < 4.78 is 0. The van der Waals surface area contributed by atoms with Gasteiger partial charge in [-0.05, 0) is 35.9 Å². The van der Waals surface area contributed by atoms with E-state index < -0.39 is 0 Å². The molecule has 0 radical (unpaired) electrons. The molecule has 0 saturated carbocycles. The van der Waals surface area contributed by atoms with Gasteiger partial charge in [0.05, 0.1) is 12.1 Å². The smallest absolute Gasteiger partial charge is 0.237 e. The molecule has 1 amide bonds. The Morgan fingerprint density at radius 3 is 2.87 bits per heavy atom. The van der Waals surface area contributed by atoms with Crippen LogP contribution in [0, 0.1) is 0 Å². The molecule has 1 fully saturated rings. The van der Waals surface area contributed by atoms with Crippen molar-refractivity contribution in [3.05, 3.63) is 58.3 Å². The normalized spacial score (nSPS) is 15.4. The zero-order valence-electron chi connectivity index (χ0n) is 16.1. The van der Waals surface area contributed by atoms with Gasteiger partial charge in [-0.2, -0.15) is 0 Å². The Morgan fingerprint density at radius 2 is 2.00 bits per heavy atom. The van der Waals surface area contributed by atoms with Crippen LogP contribution < -0.4 is 5.73 Å². The standard InChI is InChI=1S/C21H19ClN6OS/c22-18-4-2-14-8-15(30-21(14)26-18)10-27-5-6-28(19(29)11-27)9-13-1-3-16-17(7-13)24-12-25-20(16)23/h1-4,7-8,12H,5-6,9-11H2,(H2,23,24,25). The van der Waals surface area contributed by atoms with Gasteiger partial charge in [0.15, 0.2) is 0 Å². The highest BCUT2D eigenvalue weighted by atomic mass is 35.5. The van der Waals surface area contributed by atoms with Crippen LogP contribution in [0.4, 0.5) is 5.82 Å². The number of carbonyl (C=O) groups excluding carboxylic acids is 1. The fourth-order valence-electron chi connectivity index (χ4n) is 3.75. The lowest BCUT2D eigenvalue weighted by atomic mass is 10.1. The van der Waals surface area contributed by atoms with Crippen LogP contribution in [-0.2, 0) is 17.9 Å². The molecule has 0 bridgehead atoms. The van der Waals surface area contributed by atoms with Gasteiger partial charge in [0.2, 0.25) is 5.91 Å². The summed E-state index contributed by atoms with van der Waals surface area (Å²) in [5.74, 6) is 0.598. The van der Waals surface area contributed by atoms with Gasteiger partial charge in [-0.1, -0.05) is 17.7 Å². The number of hydrogen-bond donors (Lipinski definition) is 1. The van der Waals surface area contributed by atoms with Crippen LogP contribution in [0.1, 0.15) is 10.4 Å². The van der Waals surface area contributed by atoms with E-state index in [-0.39, 0.29) is 5.91 Å². The Hall–Kier alpha value is -2.81. The topological polar surface area (TPSA) is 88.2 Å². The van der Waals surface area contributed by atoms with Crippen molar-refractivity contribution in [3.63, 3.8) is 0 Å². The summed E-state index contributed by atoms with van der Waals surface area (Å²) in [4.78, 5) is 31.6. The molecular weight excluding hydrogens is 420 g/mol. The zero-order chi connectivity index (χ0) is 20.7. The van der Waals surface area contributed by atoms with Crippen LogP contribution in [-0.4, -0.2) is 50.3 Å². The average Bonchev–Trinajstić information content (AvgIpc) is 3.11. The minimum absolute atomic E-state index is 0.130. The molecule has 3 aromatic heterocycles. The van der Waals surface area contributed by atoms with Crippen molar-refractivity contribution in [1.82, 2.24) is 24.8 Å². The minimum Gasteiger partial charge on any atom is -0.383 e. The summed E-state index contributed by atoms with van der Waals surface area (Å²) in [6, 6.07) is 11.8. The van der Waals surface area contributed by atoms with Gasteiger partial charge in [0.25, 0.3) is 0 Å². The second kappa shape index (κ2) is 7.79. The fourth-order valence-corrected chi connectivity index (χ4v) is 5.01. The third-order valence-electron chi connectivity index (χ3n) is 5.28. The van der Waals surface area contributed by atoms with Gasteiger partial charge < -0.3 is 10.6 Å². The van der Waals surface area contributed by atoms with E-state index in [1.165, 1.54) is 11.2 Å². The molecule has 0 unspecified atom stereocenters. The molecule has 0 spiro atoms. The van der Waals surface area contributed by atoms with E-state index in [9.17, 15) is 4.79 Å². The first-order chi connectivity index (χ1) is 14.5. The highest BCUT2D eigenvalue weighted by molar-refractivity contribution is 7.18. The third-order valence-corrected chi connectivity index (χ3v) is 6.52. The van der Waals surface area contributed by atoms with Gasteiger partial charge in [-0.15, -0.1) is 11.3 Å². The summed E-state index contributed by atoms with van der Waals surface area (Å²) in [5, 5.41) is 2.42. The van der Waals surface area contributed by atoms with Gasteiger partial charge in [0, 0.05) is 41.8 Å². The summed E-state index contributed by atoms with van der Waals surface area (Å²) in [5.41, 5.74) is 7.73. The van der Waals surface area contributed by atoms with Crippen LogP contribution in [0.25, 0.3) is 21.1 Å². The summed E-state index contributed by atoms with van der Waals surface area (Å²) in [6.45, 7) is 3.24.